The van der Waals surface area contributed by atoms with Gasteiger partial charge < -0.3 is 10.4 Å². The van der Waals surface area contributed by atoms with Crippen molar-refractivity contribution < 1.29 is 5.11 Å². The van der Waals surface area contributed by atoms with Gasteiger partial charge in [-0.2, -0.15) is 0 Å². The number of anilines is 1. The Hall–Kier alpha value is -0.670. The van der Waals surface area contributed by atoms with E-state index in [0.717, 1.165) is 18.6 Å². The fraction of sp³-hybridized carbons (Fsp3) is 0.538. The van der Waals surface area contributed by atoms with Gasteiger partial charge in [-0.3, -0.25) is 0 Å². The van der Waals surface area contributed by atoms with Crippen molar-refractivity contribution in [1.82, 2.24) is 0 Å². The van der Waals surface area contributed by atoms with E-state index >= 15 is 0 Å². The van der Waals surface area contributed by atoms with Crippen LogP contribution in [0, 0.1) is 0 Å². The molecule has 1 unspecified atom stereocenters. The van der Waals surface area contributed by atoms with Gasteiger partial charge in [0.05, 0.1) is 0 Å². The van der Waals surface area contributed by atoms with Gasteiger partial charge in [0.25, 0.3) is 0 Å². The molecule has 2 nitrogen and oxygen atoms in total. The van der Waals surface area contributed by atoms with E-state index in [1.54, 1.807) is 11.8 Å². The number of benzene rings is 1. The van der Waals surface area contributed by atoms with E-state index in [9.17, 15) is 0 Å². The normalized spacial score (nSPS) is 12.4. The van der Waals surface area contributed by atoms with Crippen LogP contribution >= 0.6 is 11.8 Å². The molecule has 0 heterocycles. The van der Waals surface area contributed by atoms with Crippen LogP contribution in [0.2, 0.25) is 0 Å². The third-order valence-electron chi connectivity index (χ3n) is 2.45. The minimum atomic E-state index is 0.278. The topological polar surface area (TPSA) is 32.3 Å². The zero-order valence-corrected chi connectivity index (χ0v) is 10.9. The van der Waals surface area contributed by atoms with E-state index in [2.05, 4.69) is 43.4 Å². The molecule has 0 aliphatic heterocycles. The second kappa shape index (κ2) is 7.58. The Balaban J connectivity index is 2.41. The number of aliphatic hydroxyl groups is 1. The first-order chi connectivity index (χ1) is 7.76. The number of rotatable bonds is 7. The maximum Gasteiger partial charge on any atom is 0.0439 e. The predicted molar refractivity (Wildman–Crippen MR) is 72.2 cm³/mol. The summed E-state index contributed by atoms with van der Waals surface area (Å²) in [5.41, 5.74) is 1.18. The zero-order chi connectivity index (χ0) is 11.8. The van der Waals surface area contributed by atoms with Crippen molar-refractivity contribution in [1.29, 1.82) is 0 Å². The van der Waals surface area contributed by atoms with Crippen LogP contribution < -0.4 is 5.32 Å². The van der Waals surface area contributed by atoms with Crippen molar-refractivity contribution in [3.63, 3.8) is 0 Å². The fourth-order valence-electron chi connectivity index (χ4n) is 1.29. The monoisotopic (exact) mass is 239 g/mol. The van der Waals surface area contributed by atoms with Crippen LogP contribution in [-0.4, -0.2) is 23.5 Å². The Kier molecular flexibility index (Phi) is 6.34. The lowest BCUT2D eigenvalue weighted by atomic mass is 10.2. The molecular formula is C13H21NOS. The highest BCUT2D eigenvalue weighted by Crippen LogP contribution is 2.21. The molecule has 0 saturated carbocycles. The fourth-order valence-corrected chi connectivity index (χ4v) is 2.13. The largest absolute Gasteiger partial charge is 0.396 e. The Bertz CT molecular complexity index is 286. The average molecular weight is 239 g/mol. The van der Waals surface area contributed by atoms with E-state index in [0.29, 0.717) is 6.04 Å². The van der Waals surface area contributed by atoms with Gasteiger partial charge >= 0.3 is 0 Å². The highest BCUT2D eigenvalue weighted by molar-refractivity contribution is 7.99. The molecule has 3 heteroatoms. The number of thioether (sulfide) groups is 1. The van der Waals surface area contributed by atoms with E-state index < -0.39 is 0 Å². The molecule has 0 bridgehead atoms. The molecule has 0 radical (unpaired) electrons. The van der Waals surface area contributed by atoms with Crippen molar-refractivity contribution in [3.8, 4) is 0 Å². The molecule has 1 aromatic rings. The summed E-state index contributed by atoms with van der Waals surface area (Å²) in [7, 11) is 0. The number of hydrogen-bond acceptors (Lipinski definition) is 3. The first kappa shape index (κ1) is 13.4. The molecule has 1 atom stereocenters. The lowest BCUT2D eigenvalue weighted by Gasteiger charge is -2.13. The van der Waals surface area contributed by atoms with E-state index in [1.807, 2.05) is 0 Å². The van der Waals surface area contributed by atoms with Crippen LogP contribution in [-0.2, 0) is 0 Å². The van der Waals surface area contributed by atoms with Gasteiger partial charge in [-0.05, 0) is 44.0 Å². The van der Waals surface area contributed by atoms with Gasteiger partial charge in [0, 0.05) is 29.0 Å². The molecule has 0 aromatic heterocycles. The molecule has 0 spiro atoms. The summed E-state index contributed by atoms with van der Waals surface area (Å²) >= 11 is 1.79. The summed E-state index contributed by atoms with van der Waals surface area (Å²) in [4.78, 5) is 1.27. The van der Waals surface area contributed by atoms with E-state index in [4.69, 9.17) is 5.11 Å². The molecule has 16 heavy (non-hydrogen) atoms. The summed E-state index contributed by atoms with van der Waals surface area (Å²) in [6.45, 7) is 4.64. The third kappa shape index (κ3) is 4.90. The van der Waals surface area contributed by atoms with Crippen LogP contribution in [0.15, 0.2) is 29.2 Å². The molecule has 2 N–H and O–H groups in total. The summed E-state index contributed by atoms with van der Waals surface area (Å²) < 4.78 is 0. The van der Waals surface area contributed by atoms with Crippen LogP contribution in [0.1, 0.15) is 26.7 Å². The number of aliphatic hydroxyl groups excluding tert-OH is 1. The lowest BCUT2D eigenvalue weighted by Crippen LogP contribution is -2.12. The molecule has 1 rings (SSSR count). The first-order valence-corrected chi connectivity index (χ1v) is 6.85. The minimum absolute atomic E-state index is 0.278. The van der Waals surface area contributed by atoms with Gasteiger partial charge in [-0.1, -0.05) is 6.92 Å². The van der Waals surface area contributed by atoms with Crippen LogP contribution in [0.4, 0.5) is 5.69 Å². The Morgan fingerprint density at radius 2 is 2.00 bits per heavy atom. The number of hydrogen-bond donors (Lipinski definition) is 2. The van der Waals surface area contributed by atoms with Gasteiger partial charge in [0.15, 0.2) is 0 Å². The molecule has 0 aliphatic rings. The van der Waals surface area contributed by atoms with E-state index in [-0.39, 0.29) is 6.61 Å². The zero-order valence-electron chi connectivity index (χ0n) is 10.1. The quantitative estimate of drug-likeness (QED) is 0.565. The number of nitrogens with one attached hydrogen (secondary N) is 1. The van der Waals surface area contributed by atoms with E-state index in [1.165, 1.54) is 10.6 Å². The Labute approximate surface area is 102 Å². The maximum atomic E-state index is 8.69. The second-order valence-corrected chi connectivity index (χ2v) is 5.07. The molecule has 90 valence electrons. The van der Waals surface area contributed by atoms with Gasteiger partial charge in [0.1, 0.15) is 0 Å². The summed E-state index contributed by atoms with van der Waals surface area (Å²) in [6.07, 6.45) is 1.99. The molecule has 0 amide bonds. The van der Waals surface area contributed by atoms with Crippen molar-refractivity contribution in [3.05, 3.63) is 24.3 Å². The highest BCUT2D eigenvalue weighted by Gasteiger charge is 1.99. The first-order valence-electron chi connectivity index (χ1n) is 5.86. The smallest absolute Gasteiger partial charge is 0.0439 e. The average Bonchev–Trinajstić information content (AvgIpc) is 2.31. The molecular weight excluding hydrogens is 218 g/mol. The van der Waals surface area contributed by atoms with Crippen molar-refractivity contribution >= 4 is 17.4 Å². The minimum Gasteiger partial charge on any atom is -0.396 e. The Morgan fingerprint density at radius 1 is 1.31 bits per heavy atom. The van der Waals surface area contributed by atoms with Gasteiger partial charge in [-0.25, -0.2) is 0 Å². The molecule has 0 aliphatic carbocycles. The van der Waals surface area contributed by atoms with Crippen molar-refractivity contribution in [2.75, 3.05) is 17.7 Å². The Morgan fingerprint density at radius 3 is 2.56 bits per heavy atom. The molecule has 0 saturated heterocycles. The third-order valence-corrected chi connectivity index (χ3v) is 3.55. The van der Waals surface area contributed by atoms with Crippen LogP contribution in [0.25, 0.3) is 0 Å². The summed E-state index contributed by atoms with van der Waals surface area (Å²) in [6, 6.07) is 9.02. The SMILES string of the molecule is CCC(C)Nc1ccc(SCCCO)cc1. The van der Waals surface area contributed by atoms with Crippen LogP contribution in [0.5, 0.6) is 0 Å². The summed E-state index contributed by atoms with van der Waals surface area (Å²) in [5.74, 6) is 0.981. The van der Waals surface area contributed by atoms with Crippen molar-refractivity contribution in [2.24, 2.45) is 0 Å². The van der Waals surface area contributed by atoms with Gasteiger partial charge in [-0.15, -0.1) is 11.8 Å². The van der Waals surface area contributed by atoms with Crippen LogP contribution in [0.3, 0.4) is 0 Å². The predicted octanol–water partition coefficient (Wildman–Crippen LogP) is 3.37. The molecule has 1 aromatic carbocycles. The van der Waals surface area contributed by atoms with Crippen molar-refractivity contribution in [2.45, 2.75) is 37.6 Å². The molecule has 0 fully saturated rings. The summed E-state index contributed by atoms with van der Waals surface area (Å²) in [5, 5.41) is 12.1. The van der Waals surface area contributed by atoms with Gasteiger partial charge in [0.2, 0.25) is 0 Å². The lowest BCUT2D eigenvalue weighted by molar-refractivity contribution is 0.296. The standard InChI is InChI=1S/C13H21NOS/c1-3-11(2)14-12-5-7-13(8-6-12)16-10-4-9-15/h5-8,11,14-15H,3-4,9-10H2,1-2H3. The maximum absolute atomic E-state index is 8.69. The highest BCUT2D eigenvalue weighted by atomic mass is 32.2. The second-order valence-electron chi connectivity index (χ2n) is 3.90.